The Morgan fingerprint density at radius 3 is 2.14 bits per heavy atom. The molecule has 0 aliphatic heterocycles. The molecule has 0 saturated heterocycles. The molecular weight excluding hydrogens is 362 g/mol. The van der Waals surface area contributed by atoms with Gasteiger partial charge in [0.1, 0.15) is 0 Å². The third-order valence-electron chi connectivity index (χ3n) is 3.70. The van der Waals surface area contributed by atoms with Crippen molar-refractivity contribution in [3.63, 3.8) is 0 Å². The quantitative estimate of drug-likeness (QED) is 0.528. The topological polar surface area (TPSA) is 98.8 Å². The molecule has 28 heavy (non-hydrogen) atoms. The highest BCUT2D eigenvalue weighted by atomic mass is 16.5. The Labute approximate surface area is 162 Å². The molecule has 0 unspecified atom stereocenters. The molecule has 0 aromatic heterocycles. The van der Waals surface area contributed by atoms with E-state index in [9.17, 15) is 19.2 Å². The number of hydrogen-bond acceptors (Lipinski definition) is 6. The van der Waals surface area contributed by atoms with Crippen LogP contribution in [0.5, 0.6) is 0 Å². The van der Waals surface area contributed by atoms with Gasteiger partial charge in [-0.1, -0.05) is 30.3 Å². The van der Waals surface area contributed by atoms with Crippen LogP contribution < -0.4 is 5.32 Å². The van der Waals surface area contributed by atoms with Crippen LogP contribution in [0.15, 0.2) is 54.6 Å². The first-order valence-corrected chi connectivity index (χ1v) is 8.80. The Balaban J connectivity index is 1.72. The smallest absolute Gasteiger partial charge is 0.338 e. The third kappa shape index (κ3) is 6.68. The number of esters is 2. The summed E-state index contributed by atoms with van der Waals surface area (Å²) in [6, 6.07) is 14.8. The molecule has 0 saturated carbocycles. The number of carbonyl (C=O) groups excluding carboxylic acids is 4. The van der Waals surface area contributed by atoms with Crippen LogP contribution in [-0.2, 0) is 19.1 Å². The SMILES string of the molecule is CCOC(=O)c1ccc(NC(=O)COC(=O)CCC(=O)c2ccccc2)cc1. The normalized spacial score (nSPS) is 10.0. The van der Waals surface area contributed by atoms with E-state index in [1.165, 1.54) is 12.1 Å². The van der Waals surface area contributed by atoms with E-state index < -0.39 is 24.5 Å². The van der Waals surface area contributed by atoms with Gasteiger partial charge in [0.15, 0.2) is 12.4 Å². The molecule has 0 aliphatic carbocycles. The van der Waals surface area contributed by atoms with Gasteiger partial charge < -0.3 is 14.8 Å². The Hall–Kier alpha value is -3.48. The maximum absolute atomic E-state index is 11.9. The Morgan fingerprint density at radius 1 is 0.821 bits per heavy atom. The zero-order valence-electron chi connectivity index (χ0n) is 15.5. The van der Waals surface area contributed by atoms with E-state index in [-0.39, 0.29) is 25.2 Å². The molecule has 7 nitrogen and oxygen atoms in total. The fraction of sp³-hybridized carbons (Fsp3) is 0.238. The van der Waals surface area contributed by atoms with Gasteiger partial charge in [-0.25, -0.2) is 4.79 Å². The molecular formula is C21H21NO6. The molecule has 1 amide bonds. The van der Waals surface area contributed by atoms with Gasteiger partial charge >= 0.3 is 11.9 Å². The minimum Gasteiger partial charge on any atom is -0.462 e. The predicted octanol–water partition coefficient (Wildman–Crippen LogP) is 3.01. The van der Waals surface area contributed by atoms with E-state index >= 15 is 0 Å². The van der Waals surface area contributed by atoms with Crippen molar-refractivity contribution in [2.24, 2.45) is 0 Å². The van der Waals surface area contributed by atoms with Crippen molar-refractivity contribution in [2.75, 3.05) is 18.5 Å². The van der Waals surface area contributed by atoms with Gasteiger partial charge in [0.2, 0.25) is 0 Å². The number of benzene rings is 2. The molecule has 0 fully saturated rings. The van der Waals surface area contributed by atoms with Crippen LogP contribution in [0.3, 0.4) is 0 Å². The largest absolute Gasteiger partial charge is 0.462 e. The third-order valence-corrected chi connectivity index (χ3v) is 3.70. The molecule has 146 valence electrons. The van der Waals surface area contributed by atoms with E-state index in [1.807, 2.05) is 0 Å². The highest BCUT2D eigenvalue weighted by molar-refractivity contribution is 5.98. The average molecular weight is 383 g/mol. The molecule has 0 radical (unpaired) electrons. The first-order valence-electron chi connectivity index (χ1n) is 8.80. The molecule has 2 aromatic rings. The van der Waals surface area contributed by atoms with Gasteiger partial charge in [-0.3, -0.25) is 14.4 Å². The van der Waals surface area contributed by atoms with Gasteiger partial charge in [-0.05, 0) is 31.2 Å². The minimum absolute atomic E-state index is 0.0137. The van der Waals surface area contributed by atoms with Crippen molar-refractivity contribution in [1.29, 1.82) is 0 Å². The summed E-state index contributed by atoms with van der Waals surface area (Å²) in [4.78, 5) is 47.1. The summed E-state index contributed by atoms with van der Waals surface area (Å²) in [5.41, 5.74) is 1.35. The van der Waals surface area contributed by atoms with Gasteiger partial charge in [-0.2, -0.15) is 0 Å². The van der Waals surface area contributed by atoms with Crippen molar-refractivity contribution in [2.45, 2.75) is 19.8 Å². The molecule has 0 aliphatic rings. The van der Waals surface area contributed by atoms with Crippen molar-refractivity contribution >= 4 is 29.3 Å². The maximum Gasteiger partial charge on any atom is 0.338 e. The lowest BCUT2D eigenvalue weighted by atomic mass is 10.1. The fourth-order valence-corrected chi connectivity index (χ4v) is 2.30. The van der Waals surface area contributed by atoms with Crippen LogP contribution >= 0.6 is 0 Å². The number of anilines is 1. The number of ether oxygens (including phenoxy) is 2. The average Bonchev–Trinajstić information content (AvgIpc) is 2.71. The number of Topliss-reactive ketones (excluding diaryl/α,β-unsaturated/α-hetero) is 1. The molecule has 0 bridgehead atoms. The number of hydrogen-bond donors (Lipinski definition) is 1. The van der Waals surface area contributed by atoms with Gasteiger partial charge in [-0.15, -0.1) is 0 Å². The molecule has 0 spiro atoms. The summed E-state index contributed by atoms with van der Waals surface area (Å²) in [6.07, 6.45) is -0.0883. The minimum atomic E-state index is -0.628. The van der Waals surface area contributed by atoms with Crippen molar-refractivity contribution in [3.8, 4) is 0 Å². The Bertz CT molecular complexity index is 830. The van der Waals surface area contributed by atoms with Gasteiger partial charge in [0, 0.05) is 17.7 Å². The number of nitrogens with one attached hydrogen (secondary N) is 1. The summed E-state index contributed by atoms with van der Waals surface area (Å²) in [7, 11) is 0. The van der Waals surface area contributed by atoms with E-state index in [2.05, 4.69) is 5.32 Å². The second kappa shape index (κ2) is 10.6. The fourth-order valence-electron chi connectivity index (χ4n) is 2.30. The van der Waals surface area contributed by atoms with Crippen LogP contribution in [0.2, 0.25) is 0 Å². The standard InChI is InChI=1S/C21H21NO6/c1-2-27-21(26)16-8-10-17(11-9-16)22-19(24)14-28-20(25)13-12-18(23)15-6-4-3-5-7-15/h3-11H,2,12-14H2,1H3,(H,22,24). The van der Waals surface area contributed by atoms with Crippen LogP contribution in [0.25, 0.3) is 0 Å². The summed E-state index contributed by atoms with van der Waals surface area (Å²) < 4.78 is 9.75. The first-order chi connectivity index (χ1) is 13.5. The highest BCUT2D eigenvalue weighted by Gasteiger charge is 2.12. The lowest BCUT2D eigenvalue weighted by Gasteiger charge is -2.07. The van der Waals surface area contributed by atoms with Crippen LogP contribution in [0.1, 0.15) is 40.5 Å². The van der Waals surface area contributed by atoms with Crippen molar-refractivity contribution < 1.29 is 28.7 Å². The Morgan fingerprint density at radius 2 is 1.50 bits per heavy atom. The van der Waals surface area contributed by atoms with Crippen molar-refractivity contribution in [3.05, 3.63) is 65.7 Å². The van der Waals surface area contributed by atoms with Gasteiger partial charge in [0.25, 0.3) is 5.91 Å². The summed E-state index contributed by atoms with van der Waals surface area (Å²) >= 11 is 0. The summed E-state index contributed by atoms with van der Waals surface area (Å²) in [5.74, 6) is -1.76. The second-order valence-electron chi connectivity index (χ2n) is 5.80. The number of rotatable bonds is 9. The Kier molecular flexibility index (Phi) is 7.90. The first kappa shape index (κ1) is 20.8. The van der Waals surface area contributed by atoms with Crippen LogP contribution in [0, 0.1) is 0 Å². The van der Waals surface area contributed by atoms with Crippen LogP contribution in [0.4, 0.5) is 5.69 Å². The molecule has 2 aromatic carbocycles. The molecule has 1 N–H and O–H groups in total. The van der Waals surface area contributed by atoms with E-state index in [1.54, 1.807) is 49.4 Å². The predicted molar refractivity (Wildman–Crippen MR) is 102 cm³/mol. The molecule has 0 heterocycles. The molecule has 2 rings (SSSR count). The van der Waals surface area contributed by atoms with Crippen molar-refractivity contribution in [1.82, 2.24) is 0 Å². The zero-order valence-corrected chi connectivity index (χ0v) is 15.5. The molecule has 0 atom stereocenters. The molecule has 7 heteroatoms. The lowest BCUT2D eigenvalue weighted by Crippen LogP contribution is -2.21. The monoisotopic (exact) mass is 383 g/mol. The lowest BCUT2D eigenvalue weighted by molar-refractivity contribution is -0.147. The van der Waals surface area contributed by atoms with Gasteiger partial charge in [0.05, 0.1) is 18.6 Å². The van der Waals surface area contributed by atoms with E-state index in [0.717, 1.165) is 0 Å². The summed E-state index contributed by atoms with van der Waals surface area (Å²) in [6.45, 7) is 1.53. The van der Waals surface area contributed by atoms with E-state index in [0.29, 0.717) is 16.8 Å². The maximum atomic E-state index is 11.9. The van der Waals surface area contributed by atoms with Crippen LogP contribution in [-0.4, -0.2) is 36.8 Å². The zero-order chi connectivity index (χ0) is 20.4. The highest BCUT2D eigenvalue weighted by Crippen LogP contribution is 2.11. The number of ketones is 1. The second-order valence-corrected chi connectivity index (χ2v) is 5.80. The van der Waals surface area contributed by atoms with E-state index in [4.69, 9.17) is 9.47 Å². The number of carbonyl (C=O) groups is 4. The summed E-state index contributed by atoms with van der Waals surface area (Å²) in [5, 5.41) is 2.55. The number of amides is 1.